The van der Waals surface area contributed by atoms with Crippen molar-refractivity contribution in [3.8, 4) is 22.3 Å². The van der Waals surface area contributed by atoms with Gasteiger partial charge in [0.1, 0.15) is 0 Å². The molecule has 6 heteroatoms. The van der Waals surface area contributed by atoms with Gasteiger partial charge in [0.05, 0.1) is 0 Å². The van der Waals surface area contributed by atoms with Crippen molar-refractivity contribution in [2.24, 2.45) is 11.5 Å². The van der Waals surface area contributed by atoms with Crippen LogP contribution in [0, 0.1) is 0 Å². The first-order valence-electron chi connectivity index (χ1n) is 7.87. The molecule has 0 aliphatic rings. The average molecular weight is 346 g/mol. The number of hydrogen-bond acceptors (Lipinski definition) is 4. The highest BCUT2D eigenvalue weighted by atomic mass is 16.1. The van der Waals surface area contributed by atoms with Crippen molar-refractivity contribution < 1.29 is 9.59 Å². The van der Waals surface area contributed by atoms with Crippen molar-refractivity contribution in [2.45, 2.75) is 0 Å². The summed E-state index contributed by atoms with van der Waals surface area (Å²) < 4.78 is 0. The molecule has 0 atom stereocenters. The Morgan fingerprint density at radius 2 is 0.846 bits per heavy atom. The fourth-order valence-electron chi connectivity index (χ4n) is 2.91. The molecule has 0 saturated carbocycles. The standard InChI is InChI=1S/C20H18N4O2/c21-13-5-1-11(2-6-13)17-15(19(23)25)9-10-16(20(24)26)18(17)12-3-7-14(22)8-4-12/h1-10H,21-22H2,(H2,23,25)(H2,24,26). The minimum atomic E-state index is -0.607. The molecule has 130 valence electrons. The van der Waals surface area contributed by atoms with Gasteiger partial charge in [-0.05, 0) is 47.5 Å². The number of carbonyl (C=O) groups is 2. The molecule has 3 aromatic carbocycles. The molecule has 26 heavy (non-hydrogen) atoms. The Bertz CT molecular complexity index is 911. The van der Waals surface area contributed by atoms with E-state index < -0.39 is 11.8 Å². The van der Waals surface area contributed by atoms with E-state index in [1.165, 1.54) is 12.1 Å². The number of amides is 2. The maximum Gasteiger partial charge on any atom is 0.249 e. The van der Waals surface area contributed by atoms with Gasteiger partial charge >= 0.3 is 0 Å². The number of carbonyl (C=O) groups excluding carboxylic acids is 2. The summed E-state index contributed by atoms with van der Waals surface area (Å²) in [4.78, 5) is 24.1. The minimum absolute atomic E-state index is 0.284. The van der Waals surface area contributed by atoms with Crippen LogP contribution >= 0.6 is 0 Å². The van der Waals surface area contributed by atoms with Crippen LogP contribution < -0.4 is 22.9 Å². The third-order valence-electron chi connectivity index (χ3n) is 4.13. The first-order valence-corrected chi connectivity index (χ1v) is 7.87. The number of nitrogens with two attached hydrogens (primary N) is 4. The number of nitrogen functional groups attached to an aromatic ring is 2. The van der Waals surface area contributed by atoms with Crippen LogP contribution in [0.5, 0.6) is 0 Å². The molecule has 0 radical (unpaired) electrons. The molecule has 8 N–H and O–H groups in total. The van der Waals surface area contributed by atoms with Gasteiger partial charge in [-0.25, -0.2) is 0 Å². The fourth-order valence-corrected chi connectivity index (χ4v) is 2.91. The Morgan fingerprint density at radius 1 is 0.538 bits per heavy atom. The van der Waals surface area contributed by atoms with Crippen molar-refractivity contribution in [1.29, 1.82) is 0 Å². The molecule has 0 spiro atoms. The van der Waals surface area contributed by atoms with Gasteiger partial charge in [0.25, 0.3) is 0 Å². The number of rotatable bonds is 4. The van der Waals surface area contributed by atoms with Gasteiger partial charge < -0.3 is 22.9 Å². The SMILES string of the molecule is NC(=O)c1ccc(C(N)=O)c(-c2ccc(N)cc2)c1-c1ccc(N)cc1. The normalized spacial score (nSPS) is 10.5. The predicted molar refractivity (Wildman–Crippen MR) is 103 cm³/mol. The second-order valence-electron chi connectivity index (χ2n) is 5.88. The minimum Gasteiger partial charge on any atom is -0.399 e. The smallest absolute Gasteiger partial charge is 0.249 e. The highest BCUT2D eigenvalue weighted by Gasteiger charge is 2.21. The average Bonchev–Trinajstić information content (AvgIpc) is 2.61. The van der Waals surface area contributed by atoms with E-state index in [0.717, 1.165) is 0 Å². The van der Waals surface area contributed by atoms with Gasteiger partial charge in [0.15, 0.2) is 0 Å². The Kier molecular flexibility index (Phi) is 4.33. The highest BCUT2D eigenvalue weighted by Crippen LogP contribution is 2.38. The molecule has 3 rings (SSSR count). The van der Waals surface area contributed by atoms with Crippen molar-refractivity contribution in [2.75, 3.05) is 11.5 Å². The maximum absolute atomic E-state index is 12.0. The quantitative estimate of drug-likeness (QED) is 0.539. The lowest BCUT2D eigenvalue weighted by molar-refractivity contribution is 0.0989. The maximum atomic E-state index is 12.0. The van der Waals surface area contributed by atoms with Crippen molar-refractivity contribution in [1.82, 2.24) is 0 Å². The zero-order valence-electron chi connectivity index (χ0n) is 13.9. The molecule has 0 unspecified atom stereocenters. The molecule has 0 aliphatic carbocycles. The summed E-state index contributed by atoms with van der Waals surface area (Å²) >= 11 is 0. The Hall–Kier alpha value is -3.80. The first kappa shape index (κ1) is 17.0. The predicted octanol–water partition coefficient (Wildman–Crippen LogP) is 2.38. The molecule has 3 aromatic rings. The molecule has 0 aliphatic heterocycles. The van der Waals surface area contributed by atoms with Gasteiger partial charge in [0.2, 0.25) is 11.8 Å². The van der Waals surface area contributed by atoms with Crippen LogP contribution in [0.15, 0.2) is 60.7 Å². The first-order chi connectivity index (χ1) is 12.4. The van der Waals surface area contributed by atoms with Crippen LogP contribution in [-0.2, 0) is 0 Å². The van der Waals surface area contributed by atoms with E-state index in [1.54, 1.807) is 48.5 Å². The van der Waals surface area contributed by atoms with Crippen LogP contribution in [0.3, 0.4) is 0 Å². The van der Waals surface area contributed by atoms with E-state index in [9.17, 15) is 9.59 Å². The van der Waals surface area contributed by atoms with Gasteiger partial charge in [-0.1, -0.05) is 24.3 Å². The van der Waals surface area contributed by atoms with Crippen LogP contribution in [0.4, 0.5) is 11.4 Å². The largest absolute Gasteiger partial charge is 0.399 e. The summed E-state index contributed by atoms with van der Waals surface area (Å²) in [6.07, 6.45) is 0. The van der Waals surface area contributed by atoms with Crippen molar-refractivity contribution in [3.63, 3.8) is 0 Å². The monoisotopic (exact) mass is 346 g/mol. The van der Waals surface area contributed by atoms with E-state index in [-0.39, 0.29) is 11.1 Å². The van der Waals surface area contributed by atoms with Crippen molar-refractivity contribution >= 4 is 23.2 Å². The number of anilines is 2. The lowest BCUT2D eigenvalue weighted by Gasteiger charge is -2.17. The molecule has 0 fully saturated rings. The summed E-state index contributed by atoms with van der Waals surface area (Å²) in [6, 6.07) is 16.9. The lowest BCUT2D eigenvalue weighted by atomic mass is 9.86. The fraction of sp³-hybridized carbons (Fsp3) is 0. The summed E-state index contributed by atoms with van der Waals surface area (Å²) in [6.45, 7) is 0. The van der Waals surface area contributed by atoms with Crippen LogP contribution in [0.2, 0.25) is 0 Å². The zero-order chi connectivity index (χ0) is 18.8. The number of primary amides is 2. The molecule has 0 bridgehead atoms. The lowest BCUT2D eigenvalue weighted by Crippen LogP contribution is -2.17. The second-order valence-corrected chi connectivity index (χ2v) is 5.88. The van der Waals surface area contributed by atoms with Crippen molar-refractivity contribution in [3.05, 3.63) is 71.8 Å². The van der Waals surface area contributed by atoms with E-state index in [1.807, 2.05) is 0 Å². The molecule has 0 heterocycles. The Morgan fingerprint density at radius 3 is 1.12 bits per heavy atom. The molecule has 0 aromatic heterocycles. The zero-order valence-corrected chi connectivity index (χ0v) is 13.9. The summed E-state index contributed by atoms with van der Waals surface area (Å²) in [5.41, 5.74) is 26.9. The van der Waals surface area contributed by atoms with Crippen LogP contribution in [0.1, 0.15) is 20.7 Å². The number of benzene rings is 3. The topological polar surface area (TPSA) is 138 Å². The van der Waals surface area contributed by atoms with Crippen LogP contribution in [-0.4, -0.2) is 11.8 Å². The molecular formula is C20H18N4O2. The van der Waals surface area contributed by atoms with Gasteiger partial charge in [-0.15, -0.1) is 0 Å². The Labute approximate surface area is 150 Å². The van der Waals surface area contributed by atoms with E-state index in [0.29, 0.717) is 33.6 Å². The summed E-state index contributed by atoms with van der Waals surface area (Å²) in [5, 5.41) is 0. The van der Waals surface area contributed by atoms with E-state index in [4.69, 9.17) is 22.9 Å². The van der Waals surface area contributed by atoms with Gasteiger partial charge in [0, 0.05) is 33.6 Å². The third kappa shape index (κ3) is 3.08. The summed E-state index contributed by atoms with van der Waals surface area (Å²) in [5.74, 6) is -1.21. The highest BCUT2D eigenvalue weighted by molar-refractivity contribution is 6.10. The molecule has 2 amide bonds. The van der Waals surface area contributed by atoms with E-state index in [2.05, 4.69) is 0 Å². The second kappa shape index (κ2) is 6.60. The molecule has 0 saturated heterocycles. The molecule has 6 nitrogen and oxygen atoms in total. The van der Waals surface area contributed by atoms with E-state index >= 15 is 0 Å². The van der Waals surface area contributed by atoms with Gasteiger partial charge in [-0.3, -0.25) is 9.59 Å². The Balaban J connectivity index is 2.42. The number of hydrogen-bond donors (Lipinski definition) is 4. The summed E-state index contributed by atoms with van der Waals surface area (Å²) in [7, 11) is 0. The van der Waals surface area contributed by atoms with Crippen LogP contribution in [0.25, 0.3) is 22.3 Å². The van der Waals surface area contributed by atoms with Gasteiger partial charge in [-0.2, -0.15) is 0 Å². The molecular weight excluding hydrogens is 328 g/mol. The third-order valence-corrected chi connectivity index (χ3v) is 4.13.